The lowest BCUT2D eigenvalue weighted by atomic mass is 10.1. The predicted molar refractivity (Wildman–Crippen MR) is 124 cm³/mol. The Balaban J connectivity index is 1.62. The molecule has 3 aromatic carbocycles. The second kappa shape index (κ2) is 9.61. The molecule has 7 nitrogen and oxygen atoms in total. The van der Waals surface area contributed by atoms with E-state index in [4.69, 9.17) is 9.47 Å². The third-order valence-electron chi connectivity index (χ3n) is 4.82. The van der Waals surface area contributed by atoms with Gasteiger partial charge in [-0.05, 0) is 30.3 Å². The smallest absolute Gasteiger partial charge is 0.290 e. The minimum absolute atomic E-state index is 0.369. The molecule has 0 atom stereocenters. The molecule has 1 aromatic heterocycles. The van der Waals surface area contributed by atoms with Crippen LogP contribution in [0.1, 0.15) is 16.1 Å². The maximum absolute atomic E-state index is 13.0. The van der Waals surface area contributed by atoms with E-state index < -0.39 is 0 Å². The van der Waals surface area contributed by atoms with Crippen molar-refractivity contribution in [2.24, 2.45) is 5.10 Å². The van der Waals surface area contributed by atoms with E-state index in [9.17, 15) is 4.79 Å². The zero-order valence-corrected chi connectivity index (χ0v) is 17.7. The van der Waals surface area contributed by atoms with Gasteiger partial charge in [0.2, 0.25) is 0 Å². The first-order valence-corrected chi connectivity index (χ1v) is 9.96. The number of carbonyl (C=O) groups excluding carboxylic acids is 1. The molecule has 0 radical (unpaired) electrons. The zero-order valence-electron chi connectivity index (χ0n) is 17.7. The summed E-state index contributed by atoms with van der Waals surface area (Å²) in [5, 5.41) is 8.77. The Morgan fingerprint density at radius 1 is 0.938 bits per heavy atom. The van der Waals surface area contributed by atoms with Crippen molar-refractivity contribution in [2.75, 3.05) is 14.2 Å². The standard InChI is InChI=1S/C25H22N4O3/c1-31-21-14-13-19(24(15-21)32-2)17-26-27-25(30)23-16-22(18-9-5-3-6-10-18)28-29(23)20-11-7-4-8-12-20/h3-17H,1-2H3,(H,27,30)/b26-17+. The van der Waals surface area contributed by atoms with Crippen LogP contribution in [0.2, 0.25) is 0 Å². The summed E-state index contributed by atoms with van der Waals surface area (Å²) in [6.45, 7) is 0. The van der Waals surface area contributed by atoms with Crippen molar-refractivity contribution in [2.45, 2.75) is 0 Å². The van der Waals surface area contributed by atoms with Crippen LogP contribution in [0.4, 0.5) is 0 Å². The molecule has 0 bridgehead atoms. The van der Waals surface area contributed by atoms with E-state index in [0.717, 1.165) is 11.3 Å². The first kappa shape index (κ1) is 20.9. The van der Waals surface area contributed by atoms with E-state index in [0.29, 0.717) is 28.5 Å². The molecular formula is C25H22N4O3. The van der Waals surface area contributed by atoms with Crippen LogP contribution in [0.15, 0.2) is 90.0 Å². The molecule has 0 unspecified atom stereocenters. The number of benzene rings is 3. The molecule has 0 fully saturated rings. The van der Waals surface area contributed by atoms with E-state index in [1.54, 1.807) is 43.2 Å². The number of rotatable bonds is 7. The van der Waals surface area contributed by atoms with E-state index in [-0.39, 0.29) is 5.91 Å². The van der Waals surface area contributed by atoms with Crippen LogP contribution in [0, 0.1) is 0 Å². The van der Waals surface area contributed by atoms with Crippen LogP contribution in [-0.2, 0) is 0 Å². The summed E-state index contributed by atoms with van der Waals surface area (Å²) in [6, 6.07) is 26.3. The molecule has 0 aliphatic heterocycles. The van der Waals surface area contributed by atoms with Gasteiger partial charge in [0.15, 0.2) is 0 Å². The van der Waals surface area contributed by atoms with Crippen molar-refractivity contribution in [3.05, 3.63) is 96.2 Å². The van der Waals surface area contributed by atoms with Crippen LogP contribution >= 0.6 is 0 Å². The molecular weight excluding hydrogens is 404 g/mol. The zero-order chi connectivity index (χ0) is 22.3. The highest BCUT2D eigenvalue weighted by molar-refractivity contribution is 5.95. The number of hydrogen-bond donors (Lipinski definition) is 1. The van der Waals surface area contributed by atoms with Gasteiger partial charge in [0, 0.05) is 17.2 Å². The van der Waals surface area contributed by atoms with Crippen molar-refractivity contribution >= 4 is 12.1 Å². The fraction of sp³-hybridized carbons (Fsp3) is 0.0800. The Hall–Kier alpha value is -4.39. The Morgan fingerprint density at radius 3 is 2.34 bits per heavy atom. The van der Waals surface area contributed by atoms with Crippen LogP contribution in [0.5, 0.6) is 11.5 Å². The lowest BCUT2D eigenvalue weighted by molar-refractivity contribution is 0.0947. The summed E-state index contributed by atoms with van der Waals surface area (Å²) in [5.74, 6) is 0.874. The Bertz CT molecular complexity index is 1230. The van der Waals surface area contributed by atoms with Crippen molar-refractivity contribution in [3.63, 3.8) is 0 Å². The molecule has 160 valence electrons. The molecule has 0 saturated carbocycles. The number of hydrogen-bond acceptors (Lipinski definition) is 5. The first-order chi connectivity index (χ1) is 15.7. The number of amides is 1. The van der Waals surface area contributed by atoms with Crippen LogP contribution in [0.25, 0.3) is 16.9 Å². The van der Waals surface area contributed by atoms with Gasteiger partial charge in [-0.3, -0.25) is 4.79 Å². The van der Waals surface area contributed by atoms with E-state index in [1.165, 1.54) is 6.21 Å². The molecule has 0 spiro atoms. The van der Waals surface area contributed by atoms with Gasteiger partial charge in [-0.25, -0.2) is 10.1 Å². The summed E-state index contributed by atoms with van der Waals surface area (Å²) in [5.41, 5.74) is 6.05. The quantitative estimate of drug-likeness (QED) is 0.353. The number of nitrogens with zero attached hydrogens (tertiary/aromatic N) is 3. The number of aromatic nitrogens is 2. The molecule has 1 N–H and O–H groups in total. The van der Waals surface area contributed by atoms with Gasteiger partial charge in [0.1, 0.15) is 17.2 Å². The predicted octanol–water partition coefficient (Wildman–Crippen LogP) is 4.32. The van der Waals surface area contributed by atoms with Crippen LogP contribution in [0.3, 0.4) is 0 Å². The average Bonchev–Trinajstić information content (AvgIpc) is 3.31. The topological polar surface area (TPSA) is 77.7 Å². The van der Waals surface area contributed by atoms with Gasteiger partial charge in [-0.2, -0.15) is 10.2 Å². The molecule has 32 heavy (non-hydrogen) atoms. The lowest BCUT2D eigenvalue weighted by Crippen LogP contribution is -2.21. The molecule has 0 saturated heterocycles. The highest BCUT2D eigenvalue weighted by atomic mass is 16.5. The monoisotopic (exact) mass is 426 g/mol. The minimum atomic E-state index is -0.382. The fourth-order valence-corrected chi connectivity index (χ4v) is 3.20. The van der Waals surface area contributed by atoms with Gasteiger partial charge in [0.25, 0.3) is 5.91 Å². The Kier molecular flexibility index (Phi) is 6.27. The molecule has 0 aliphatic carbocycles. The third-order valence-corrected chi connectivity index (χ3v) is 4.82. The largest absolute Gasteiger partial charge is 0.497 e. The van der Waals surface area contributed by atoms with Gasteiger partial charge >= 0.3 is 0 Å². The minimum Gasteiger partial charge on any atom is -0.497 e. The Morgan fingerprint density at radius 2 is 1.66 bits per heavy atom. The second-order valence-corrected chi connectivity index (χ2v) is 6.84. The molecule has 0 aliphatic rings. The summed E-state index contributed by atoms with van der Waals surface area (Å²) >= 11 is 0. The number of nitrogens with one attached hydrogen (secondary N) is 1. The van der Waals surface area contributed by atoms with Crippen molar-refractivity contribution < 1.29 is 14.3 Å². The number of hydrazone groups is 1. The third kappa shape index (κ3) is 4.52. The van der Waals surface area contributed by atoms with E-state index >= 15 is 0 Å². The van der Waals surface area contributed by atoms with Crippen molar-refractivity contribution in [3.8, 4) is 28.4 Å². The summed E-state index contributed by atoms with van der Waals surface area (Å²) < 4.78 is 12.2. The number of methoxy groups -OCH3 is 2. The highest BCUT2D eigenvalue weighted by Gasteiger charge is 2.17. The molecule has 4 rings (SSSR count). The van der Waals surface area contributed by atoms with E-state index in [1.807, 2.05) is 60.7 Å². The summed E-state index contributed by atoms with van der Waals surface area (Å²) in [6.07, 6.45) is 1.53. The summed E-state index contributed by atoms with van der Waals surface area (Å²) in [7, 11) is 3.15. The molecule has 1 amide bonds. The van der Waals surface area contributed by atoms with Gasteiger partial charge in [-0.1, -0.05) is 48.5 Å². The molecule has 1 heterocycles. The van der Waals surface area contributed by atoms with Gasteiger partial charge in [0.05, 0.1) is 31.8 Å². The fourth-order valence-electron chi connectivity index (χ4n) is 3.20. The van der Waals surface area contributed by atoms with Gasteiger partial charge < -0.3 is 9.47 Å². The molecule has 4 aromatic rings. The highest BCUT2D eigenvalue weighted by Crippen LogP contribution is 2.23. The van der Waals surface area contributed by atoms with Crippen LogP contribution < -0.4 is 14.9 Å². The number of carbonyl (C=O) groups is 1. The van der Waals surface area contributed by atoms with Crippen molar-refractivity contribution in [1.82, 2.24) is 15.2 Å². The molecule has 7 heteroatoms. The Labute approximate surface area is 185 Å². The number of ether oxygens (including phenoxy) is 2. The SMILES string of the molecule is COc1ccc(/C=N/NC(=O)c2cc(-c3ccccc3)nn2-c2ccccc2)c(OC)c1. The van der Waals surface area contributed by atoms with Crippen molar-refractivity contribution in [1.29, 1.82) is 0 Å². The maximum Gasteiger partial charge on any atom is 0.290 e. The second-order valence-electron chi connectivity index (χ2n) is 6.84. The van der Waals surface area contributed by atoms with E-state index in [2.05, 4.69) is 15.6 Å². The van der Waals surface area contributed by atoms with Gasteiger partial charge in [-0.15, -0.1) is 0 Å². The first-order valence-electron chi connectivity index (χ1n) is 9.96. The average molecular weight is 426 g/mol. The van der Waals surface area contributed by atoms with Crippen LogP contribution in [-0.4, -0.2) is 36.1 Å². The maximum atomic E-state index is 13.0. The lowest BCUT2D eigenvalue weighted by Gasteiger charge is -2.07. The number of para-hydroxylation sites is 1. The normalized spacial score (nSPS) is 10.8. The summed E-state index contributed by atoms with van der Waals surface area (Å²) in [4.78, 5) is 13.0.